The molecule has 1 saturated heterocycles. The maximum Gasteiger partial charge on any atom is 0.275 e. The van der Waals surface area contributed by atoms with Gasteiger partial charge in [0.15, 0.2) is 0 Å². The van der Waals surface area contributed by atoms with Gasteiger partial charge in [-0.2, -0.15) is 0 Å². The van der Waals surface area contributed by atoms with Gasteiger partial charge in [-0.25, -0.2) is 9.97 Å². The lowest BCUT2D eigenvalue weighted by Crippen LogP contribution is -2.44. The number of hydrogen-bond donors (Lipinski definition) is 1. The van der Waals surface area contributed by atoms with Crippen molar-refractivity contribution in [3.8, 4) is 5.75 Å². The van der Waals surface area contributed by atoms with Gasteiger partial charge in [-0.1, -0.05) is 0 Å². The first-order chi connectivity index (χ1) is 11.7. The van der Waals surface area contributed by atoms with Gasteiger partial charge in [0.1, 0.15) is 17.3 Å². The molecule has 0 bridgehead atoms. The second-order valence-electron chi connectivity index (χ2n) is 5.73. The van der Waals surface area contributed by atoms with Crippen molar-refractivity contribution in [3.05, 3.63) is 42.4 Å². The molecule has 1 aromatic carbocycles. The minimum Gasteiger partial charge on any atom is -0.497 e. The highest BCUT2D eigenvalue weighted by molar-refractivity contribution is 6.02. The molecule has 1 fully saturated rings. The fraction of sp³-hybridized carbons (Fsp3) is 0.353. The van der Waals surface area contributed by atoms with Crippen LogP contribution in [-0.2, 0) is 0 Å². The van der Waals surface area contributed by atoms with E-state index in [1.165, 1.54) is 6.20 Å². The van der Waals surface area contributed by atoms with E-state index < -0.39 is 0 Å². The zero-order valence-corrected chi connectivity index (χ0v) is 13.9. The van der Waals surface area contributed by atoms with Gasteiger partial charge < -0.3 is 19.9 Å². The van der Waals surface area contributed by atoms with Crippen LogP contribution in [0.15, 0.2) is 36.7 Å². The lowest BCUT2D eigenvalue weighted by molar-refractivity contribution is 0.102. The molecule has 7 heteroatoms. The number of anilines is 2. The maximum absolute atomic E-state index is 12.2. The lowest BCUT2D eigenvalue weighted by Gasteiger charge is -2.32. The largest absolute Gasteiger partial charge is 0.497 e. The van der Waals surface area contributed by atoms with Crippen LogP contribution in [0.4, 0.5) is 11.5 Å². The summed E-state index contributed by atoms with van der Waals surface area (Å²) in [5.41, 5.74) is 0.981. The Hall–Kier alpha value is -2.67. The summed E-state index contributed by atoms with van der Waals surface area (Å²) in [5, 5.41) is 2.80. The van der Waals surface area contributed by atoms with E-state index in [4.69, 9.17) is 4.74 Å². The SMILES string of the molecule is COc1ccc(NC(=O)c2cnc(N3CCN(C)CC3)cn2)cc1. The van der Waals surface area contributed by atoms with Crippen LogP contribution in [0.5, 0.6) is 5.75 Å². The molecule has 1 amide bonds. The van der Waals surface area contributed by atoms with Gasteiger partial charge >= 0.3 is 0 Å². The third-order valence-corrected chi connectivity index (χ3v) is 4.05. The van der Waals surface area contributed by atoms with Crippen molar-refractivity contribution >= 4 is 17.4 Å². The smallest absolute Gasteiger partial charge is 0.275 e. The number of hydrogen-bond acceptors (Lipinski definition) is 6. The highest BCUT2D eigenvalue weighted by Crippen LogP contribution is 2.16. The zero-order chi connectivity index (χ0) is 16.9. The molecule has 1 aliphatic heterocycles. The summed E-state index contributed by atoms with van der Waals surface area (Å²) in [5.74, 6) is 1.27. The van der Waals surface area contributed by atoms with Gasteiger partial charge in [-0.3, -0.25) is 4.79 Å². The fourth-order valence-electron chi connectivity index (χ4n) is 2.51. The number of piperazine rings is 1. The number of likely N-dealkylation sites (N-methyl/N-ethyl adjacent to an activating group) is 1. The molecule has 0 unspecified atom stereocenters. The molecule has 2 heterocycles. The number of rotatable bonds is 4. The first kappa shape index (κ1) is 16.2. The molecule has 0 spiro atoms. The quantitative estimate of drug-likeness (QED) is 0.917. The van der Waals surface area contributed by atoms with Crippen molar-refractivity contribution in [3.63, 3.8) is 0 Å². The van der Waals surface area contributed by atoms with E-state index >= 15 is 0 Å². The van der Waals surface area contributed by atoms with Gasteiger partial charge in [-0.15, -0.1) is 0 Å². The number of nitrogens with one attached hydrogen (secondary N) is 1. The van der Waals surface area contributed by atoms with Gasteiger partial charge in [-0.05, 0) is 31.3 Å². The Morgan fingerprint density at radius 1 is 1.08 bits per heavy atom. The van der Waals surface area contributed by atoms with Gasteiger partial charge in [0.2, 0.25) is 0 Å². The first-order valence-electron chi connectivity index (χ1n) is 7.86. The predicted molar refractivity (Wildman–Crippen MR) is 92.7 cm³/mol. The first-order valence-corrected chi connectivity index (χ1v) is 7.86. The Morgan fingerprint density at radius 2 is 1.79 bits per heavy atom. The Labute approximate surface area is 141 Å². The molecule has 0 atom stereocenters. The topological polar surface area (TPSA) is 70.6 Å². The zero-order valence-electron chi connectivity index (χ0n) is 13.9. The van der Waals surface area contributed by atoms with Crippen molar-refractivity contribution in [1.82, 2.24) is 14.9 Å². The molecule has 1 aliphatic rings. The second-order valence-corrected chi connectivity index (χ2v) is 5.73. The molecule has 0 saturated carbocycles. The molecule has 1 N–H and O–H groups in total. The Balaban J connectivity index is 1.62. The number of nitrogens with zero attached hydrogens (tertiary/aromatic N) is 4. The van der Waals surface area contributed by atoms with Crippen molar-refractivity contribution in [2.75, 3.05) is 50.6 Å². The standard InChI is InChI=1S/C17H21N5O2/c1-21-7-9-22(10-8-21)16-12-18-15(11-19-16)17(23)20-13-3-5-14(24-2)6-4-13/h3-6,11-12H,7-10H2,1-2H3,(H,20,23). The number of amides is 1. The normalized spacial score (nSPS) is 15.2. The minimum atomic E-state index is -0.280. The summed E-state index contributed by atoms with van der Waals surface area (Å²) in [6.07, 6.45) is 3.18. The summed E-state index contributed by atoms with van der Waals surface area (Å²) in [6.45, 7) is 3.84. The van der Waals surface area contributed by atoms with E-state index in [-0.39, 0.29) is 5.91 Å². The molecule has 24 heavy (non-hydrogen) atoms. The number of methoxy groups -OCH3 is 1. The molecule has 0 aliphatic carbocycles. The van der Waals surface area contributed by atoms with Crippen LogP contribution >= 0.6 is 0 Å². The Bertz CT molecular complexity index is 679. The molecule has 7 nitrogen and oxygen atoms in total. The van der Waals surface area contributed by atoms with E-state index in [0.29, 0.717) is 11.4 Å². The molecule has 1 aromatic heterocycles. The number of ether oxygens (including phenoxy) is 1. The maximum atomic E-state index is 12.2. The third-order valence-electron chi connectivity index (χ3n) is 4.05. The fourth-order valence-corrected chi connectivity index (χ4v) is 2.51. The van der Waals surface area contributed by atoms with E-state index in [0.717, 1.165) is 37.7 Å². The minimum absolute atomic E-state index is 0.280. The van der Waals surface area contributed by atoms with Crippen LogP contribution < -0.4 is 15.0 Å². The number of carbonyl (C=O) groups excluding carboxylic acids is 1. The van der Waals surface area contributed by atoms with Gasteiger partial charge in [0.05, 0.1) is 19.5 Å². The third kappa shape index (κ3) is 3.80. The Morgan fingerprint density at radius 3 is 2.38 bits per heavy atom. The summed E-state index contributed by atoms with van der Waals surface area (Å²) < 4.78 is 5.09. The highest BCUT2D eigenvalue weighted by atomic mass is 16.5. The monoisotopic (exact) mass is 327 g/mol. The lowest BCUT2D eigenvalue weighted by atomic mass is 10.3. The van der Waals surface area contributed by atoms with Crippen molar-refractivity contribution in [1.29, 1.82) is 0 Å². The van der Waals surface area contributed by atoms with E-state index in [9.17, 15) is 4.79 Å². The number of carbonyl (C=O) groups is 1. The summed E-state index contributed by atoms with van der Waals surface area (Å²) in [7, 11) is 3.71. The average Bonchev–Trinajstić information content (AvgIpc) is 2.63. The van der Waals surface area contributed by atoms with E-state index in [1.54, 1.807) is 37.6 Å². The number of benzene rings is 1. The predicted octanol–water partition coefficient (Wildman–Crippen LogP) is 1.49. The molecular weight excluding hydrogens is 306 g/mol. The molecular formula is C17H21N5O2. The van der Waals surface area contributed by atoms with Crippen molar-refractivity contribution < 1.29 is 9.53 Å². The molecule has 0 radical (unpaired) electrons. The summed E-state index contributed by atoms with van der Waals surface area (Å²) in [6, 6.07) is 7.14. The molecule has 126 valence electrons. The molecule has 3 rings (SSSR count). The number of aromatic nitrogens is 2. The highest BCUT2D eigenvalue weighted by Gasteiger charge is 2.16. The van der Waals surface area contributed by atoms with Crippen molar-refractivity contribution in [2.45, 2.75) is 0 Å². The van der Waals surface area contributed by atoms with Crippen LogP contribution in [0.25, 0.3) is 0 Å². The summed E-state index contributed by atoms with van der Waals surface area (Å²) in [4.78, 5) is 25.3. The average molecular weight is 327 g/mol. The van der Waals surface area contributed by atoms with Crippen LogP contribution in [0.1, 0.15) is 10.5 Å². The summed E-state index contributed by atoms with van der Waals surface area (Å²) >= 11 is 0. The van der Waals surface area contributed by atoms with Gasteiger partial charge in [0.25, 0.3) is 5.91 Å². The van der Waals surface area contributed by atoms with Crippen LogP contribution in [0.2, 0.25) is 0 Å². The van der Waals surface area contributed by atoms with Crippen LogP contribution in [0, 0.1) is 0 Å². The van der Waals surface area contributed by atoms with E-state index in [2.05, 4.69) is 32.1 Å². The van der Waals surface area contributed by atoms with Crippen LogP contribution in [0.3, 0.4) is 0 Å². The Kier molecular flexibility index (Phi) is 4.90. The van der Waals surface area contributed by atoms with Crippen LogP contribution in [-0.4, -0.2) is 61.1 Å². The van der Waals surface area contributed by atoms with Gasteiger partial charge in [0, 0.05) is 31.9 Å². The van der Waals surface area contributed by atoms with E-state index in [1.807, 2.05) is 0 Å². The molecule has 2 aromatic rings. The second kappa shape index (κ2) is 7.27. The van der Waals surface area contributed by atoms with Crippen molar-refractivity contribution in [2.24, 2.45) is 0 Å².